The number of amides is 1. The molecule has 0 saturated carbocycles. The monoisotopic (exact) mass is 308 g/mol. The first-order chi connectivity index (χ1) is 10.5. The molecule has 1 aromatic rings. The number of aryl methyl sites for hydroxylation is 1. The summed E-state index contributed by atoms with van der Waals surface area (Å²) in [5, 5.41) is 14.4. The van der Waals surface area contributed by atoms with Crippen LogP contribution in [-0.4, -0.2) is 63.7 Å². The normalized spacial score (nSPS) is 27.5. The number of piperidine rings is 1. The van der Waals surface area contributed by atoms with Gasteiger partial charge in [-0.25, -0.2) is 0 Å². The van der Waals surface area contributed by atoms with Crippen molar-refractivity contribution in [1.29, 1.82) is 0 Å². The van der Waals surface area contributed by atoms with Gasteiger partial charge in [-0.1, -0.05) is 12.1 Å². The molecule has 1 amide bonds. The van der Waals surface area contributed by atoms with E-state index in [4.69, 9.17) is 4.52 Å². The fraction of sp³-hybridized carbons (Fsp3) is 0.800. The molecule has 22 heavy (non-hydrogen) atoms. The lowest BCUT2D eigenvalue weighted by Crippen LogP contribution is -2.43. The van der Waals surface area contributed by atoms with Gasteiger partial charge in [-0.05, 0) is 38.8 Å². The minimum Gasteiger partial charge on any atom is -0.378 e. The third kappa shape index (κ3) is 3.15. The molecular weight excluding hydrogens is 284 g/mol. The average molecular weight is 308 g/mol. The van der Waals surface area contributed by atoms with E-state index >= 15 is 0 Å². The topological polar surface area (TPSA) is 82.7 Å². The maximum Gasteiger partial charge on any atom is 0.260 e. The van der Waals surface area contributed by atoms with Crippen LogP contribution in [0.1, 0.15) is 37.9 Å². The van der Waals surface area contributed by atoms with Crippen LogP contribution in [0.2, 0.25) is 0 Å². The van der Waals surface area contributed by atoms with Gasteiger partial charge in [-0.2, -0.15) is 4.98 Å². The number of β-amino-alcohol motifs (C(OH)–C–C–N with tert-alkyl or cyclic N) is 1. The van der Waals surface area contributed by atoms with Gasteiger partial charge in [0.2, 0.25) is 5.91 Å². The molecule has 7 nitrogen and oxygen atoms in total. The van der Waals surface area contributed by atoms with E-state index in [9.17, 15) is 9.90 Å². The molecule has 122 valence electrons. The van der Waals surface area contributed by atoms with Crippen molar-refractivity contribution in [2.24, 2.45) is 5.92 Å². The molecule has 3 rings (SSSR count). The Morgan fingerprint density at radius 1 is 1.41 bits per heavy atom. The molecule has 2 fully saturated rings. The Bertz CT molecular complexity index is 539. The van der Waals surface area contributed by atoms with Gasteiger partial charge < -0.3 is 14.5 Å². The Hall–Kier alpha value is -1.47. The van der Waals surface area contributed by atoms with Crippen molar-refractivity contribution in [3.8, 4) is 0 Å². The van der Waals surface area contributed by atoms with E-state index in [1.54, 1.807) is 11.8 Å². The van der Waals surface area contributed by atoms with Crippen molar-refractivity contribution in [3.05, 3.63) is 11.7 Å². The van der Waals surface area contributed by atoms with Gasteiger partial charge in [0.05, 0.1) is 13.1 Å². The first-order valence-electron chi connectivity index (χ1n) is 7.99. The second kappa shape index (κ2) is 5.96. The highest BCUT2D eigenvalue weighted by molar-refractivity contribution is 5.78. The van der Waals surface area contributed by atoms with Gasteiger partial charge in [-0.3, -0.25) is 9.69 Å². The Balaban J connectivity index is 1.56. The highest BCUT2D eigenvalue weighted by Crippen LogP contribution is 2.31. The maximum atomic E-state index is 12.4. The SMILES string of the molecule is Cc1noc(C2(O)CCN(C(=O)CN3CCC(C)CC3)C2)n1. The number of likely N-dealkylation sites (tertiary alicyclic amines) is 2. The lowest BCUT2D eigenvalue weighted by atomic mass is 9.99. The van der Waals surface area contributed by atoms with Crippen LogP contribution >= 0.6 is 0 Å². The summed E-state index contributed by atoms with van der Waals surface area (Å²) in [7, 11) is 0. The number of carbonyl (C=O) groups excluding carboxylic acids is 1. The van der Waals surface area contributed by atoms with Crippen LogP contribution in [0.4, 0.5) is 0 Å². The number of hydrogen-bond donors (Lipinski definition) is 1. The Kier molecular flexibility index (Phi) is 4.18. The van der Waals surface area contributed by atoms with E-state index in [1.165, 1.54) is 0 Å². The number of hydrogen-bond acceptors (Lipinski definition) is 6. The van der Waals surface area contributed by atoms with Crippen molar-refractivity contribution < 1.29 is 14.4 Å². The molecule has 0 bridgehead atoms. The Labute approximate surface area is 130 Å². The van der Waals surface area contributed by atoms with E-state index < -0.39 is 5.60 Å². The summed E-state index contributed by atoms with van der Waals surface area (Å²) >= 11 is 0. The van der Waals surface area contributed by atoms with Crippen molar-refractivity contribution >= 4 is 5.91 Å². The molecule has 0 aliphatic carbocycles. The highest BCUT2D eigenvalue weighted by Gasteiger charge is 2.44. The van der Waals surface area contributed by atoms with E-state index in [0.717, 1.165) is 31.8 Å². The number of nitrogens with zero attached hydrogens (tertiary/aromatic N) is 4. The second-order valence-corrected chi connectivity index (χ2v) is 6.70. The van der Waals surface area contributed by atoms with Gasteiger partial charge in [0.15, 0.2) is 11.4 Å². The molecular formula is C15H24N4O3. The molecule has 1 atom stereocenters. The Morgan fingerprint density at radius 3 is 2.77 bits per heavy atom. The first kappa shape index (κ1) is 15.4. The quantitative estimate of drug-likeness (QED) is 0.877. The fourth-order valence-corrected chi connectivity index (χ4v) is 3.18. The molecule has 7 heteroatoms. The first-order valence-corrected chi connectivity index (χ1v) is 7.99. The number of rotatable bonds is 3. The molecule has 0 radical (unpaired) electrons. The van der Waals surface area contributed by atoms with Gasteiger partial charge in [0.1, 0.15) is 0 Å². The summed E-state index contributed by atoms with van der Waals surface area (Å²) in [6, 6.07) is 0. The molecule has 3 heterocycles. The zero-order valence-electron chi connectivity index (χ0n) is 13.3. The van der Waals surface area contributed by atoms with E-state index in [2.05, 4.69) is 22.0 Å². The molecule has 1 N–H and O–H groups in total. The van der Waals surface area contributed by atoms with Gasteiger partial charge >= 0.3 is 0 Å². The van der Waals surface area contributed by atoms with Crippen LogP contribution < -0.4 is 0 Å². The van der Waals surface area contributed by atoms with Gasteiger partial charge in [0, 0.05) is 13.0 Å². The number of carbonyl (C=O) groups is 1. The molecule has 2 aliphatic rings. The van der Waals surface area contributed by atoms with E-state index in [-0.39, 0.29) is 18.3 Å². The predicted molar refractivity (Wildman–Crippen MR) is 79.0 cm³/mol. The third-order valence-electron chi connectivity index (χ3n) is 4.76. The van der Waals surface area contributed by atoms with Crippen LogP contribution in [0.3, 0.4) is 0 Å². The molecule has 0 spiro atoms. The van der Waals surface area contributed by atoms with Crippen molar-refractivity contribution in [3.63, 3.8) is 0 Å². The van der Waals surface area contributed by atoms with Crippen molar-refractivity contribution in [2.75, 3.05) is 32.7 Å². The van der Waals surface area contributed by atoms with Crippen LogP contribution in [0.5, 0.6) is 0 Å². The summed E-state index contributed by atoms with van der Waals surface area (Å²) in [6.07, 6.45) is 2.74. The molecule has 1 unspecified atom stereocenters. The summed E-state index contributed by atoms with van der Waals surface area (Å²) in [5.41, 5.74) is -1.20. The van der Waals surface area contributed by atoms with Gasteiger partial charge in [-0.15, -0.1) is 0 Å². The van der Waals surface area contributed by atoms with E-state index in [0.29, 0.717) is 25.3 Å². The van der Waals surface area contributed by atoms with Crippen LogP contribution in [0.25, 0.3) is 0 Å². The Morgan fingerprint density at radius 2 is 2.14 bits per heavy atom. The highest BCUT2D eigenvalue weighted by atomic mass is 16.5. The van der Waals surface area contributed by atoms with Crippen LogP contribution in [0.15, 0.2) is 4.52 Å². The van der Waals surface area contributed by atoms with Crippen molar-refractivity contribution in [2.45, 2.75) is 38.7 Å². The molecule has 2 saturated heterocycles. The summed E-state index contributed by atoms with van der Waals surface area (Å²) in [5.74, 6) is 1.54. The zero-order chi connectivity index (χ0) is 15.7. The number of aromatic nitrogens is 2. The van der Waals surface area contributed by atoms with Crippen LogP contribution in [-0.2, 0) is 10.4 Å². The fourth-order valence-electron chi connectivity index (χ4n) is 3.18. The molecule has 0 aromatic carbocycles. The smallest absolute Gasteiger partial charge is 0.260 e. The predicted octanol–water partition coefficient (Wildman–Crippen LogP) is 0.530. The largest absolute Gasteiger partial charge is 0.378 e. The minimum atomic E-state index is -1.20. The minimum absolute atomic E-state index is 0.0710. The summed E-state index contributed by atoms with van der Waals surface area (Å²) < 4.78 is 5.08. The standard InChI is InChI=1S/C15H24N4O3/c1-11-3-6-18(7-4-11)9-13(20)19-8-5-15(21,10-19)14-16-12(2)17-22-14/h11,21H,3-10H2,1-2H3. The molecule has 2 aliphatic heterocycles. The van der Waals surface area contributed by atoms with E-state index in [1.807, 2.05) is 0 Å². The average Bonchev–Trinajstić information content (AvgIpc) is 3.09. The summed E-state index contributed by atoms with van der Waals surface area (Å²) in [4.78, 5) is 20.4. The van der Waals surface area contributed by atoms with Crippen molar-refractivity contribution in [1.82, 2.24) is 19.9 Å². The second-order valence-electron chi connectivity index (χ2n) is 6.70. The maximum absolute atomic E-state index is 12.4. The number of aliphatic hydroxyl groups is 1. The van der Waals surface area contributed by atoms with Crippen LogP contribution in [0, 0.1) is 12.8 Å². The summed E-state index contributed by atoms with van der Waals surface area (Å²) in [6.45, 7) is 7.13. The van der Waals surface area contributed by atoms with Gasteiger partial charge in [0.25, 0.3) is 5.89 Å². The third-order valence-corrected chi connectivity index (χ3v) is 4.76. The lowest BCUT2D eigenvalue weighted by molar-refractivity contribution is -0.133. The zero-order valence-corrected chi connectivity index (χ0v) is 13.3. The lowest BCUT2D eigenvalue weighted by Gasteiger charge is -2.31. The molecule has 1 aromatic heterocycles.